The van der Waals surface area contributed by atoms with Crippen LogP contribution in [0, 0.1) is 0 Å². The van der Waals surface area contributed by atoms with Crippen molar-refractivity contribution >= 4 is 36.3 Å². The lowest BCUT2D eigenvalue weighted by molar-refractivity contribution is -0.671. The molecule has 0 spiro atoms. The molecule has 0 radical (unpaired) electrons. The molecule has 0 amide bonds. The van der Waals surface area contributed by atoms with Crippen molar-refractivity contribution in [2.45, 2.75) is 92.0 Å². The fourth-order valence-electron chi connectivity index (χ4n) is 5.45. The lowest BCUT2D eigenvalue weighted by Crippen LogP contribution is -2.34. The summed E-state index contributed by atoms with van der Waals surface area (Å²) in [4.78, 5) is 2.59. The Morgan fingerprint density at radius 1 is 0.738 bits per heavy atom. The maximum Gasteiger partial charge on any atom is 0.330 e. The summed E-state index contributed by atoms with van der Waals surface area (Å²) in [6.07, 6.45) is 18.1. The molecule has 0 atom stereocenters. The first-order valence-corrected chi connectivity index (χ1v) is 18.1. The van der Waals surface area contributed by atoms with Crippen LogP contribution in [0.2, 0.25) is 0 Å². The van der Waals surface area contributed by atoms with Crippen LogP contribution in [-0.4, -0.2) is 32.5 Å². The second-order valence-corrected chi connectivity index (χ2v) is 13.2. The van der Waals surface area contributed by atoms with E-state index in [1.165, 1.54) is 79.1 Å². The third kappa shape index (κ3) is 11.0. The van der Waals surface area contributed by atoms with Gasteiger partial charge in [-0.25, -0.2) is 0 Å². The number of hydrogen-bond acceptors (Lipinski definition) is 4. The molecule has 3 rings (SSSR count). The molecule has 0 saturated heterocycles. The molecule has 3 aromatic rings. The number of nitrogens with zero attached hydrogens (tertiary/aromatic N) is 2. The van der Waals surface area contributed by atoms with Crippen LogP contribution in [0.25, 0.3) is 23.1 Å². The minimum Gasteiger partial charge on any atom is -0.372 e. The van der Waals surface area contributed by atoms with Gasteiger partial charge in [0, 0.05) is 37.3 Å². The summed E-state index contributed by atoms with van der Waals surface area (Å²) in [5.74, 6) is 0. The van der Waals surface area contributed by atoms with Crippen LogP contribution in [0.15, 0.2) is 60.8 Å². The van der Waals surface area contributed by atoms with E-state index in [0.29, 0.717) is 19.4 Å². The molecule has 6 heteroatoms. The highest BCUT2D eigenvalue weighted by Gasteiger charge is 2.24. The van der Waals surface area contributed by atoms with E-state index in [-0.39, 0.29) is 0 Å². The summed E-state index contributed by atoms with van der Waals surface area (Å²) in [6.45, 7) is 12.1. The molecule has 1 aromatic heterocycles. The topological polar surface area (TPSA) is 42.7 Å². The Labute approximate surface area is 255 Å². The Morgan fingerprint density at radius 3 is 2.00 bits per heavy atom. The maximum atomic E-state index is 12.9. The van der Waals surface area contributed by atoms with E-state index in [2.05, 4.69) is 96.3 Å². The normalized spacial score (nSPS) is 12.0. The highest BCUT2D eigenvalue weighted by atomic mass is 31.2. The molecule has 0 unspecified atom stereocenters. The van der Waals surface area contributed by atoms with Crippen molar-refractivity contribution in [2.75, 3.05) is 37.4 Å². The molecule has 0 bridgehead atoms. The molecule has 0 N–H and O–H groups in total. The number of benzene rings is 2. The van der Waals surface area contributed by atoms with Crippen LogP contribution < -0.4 is 9.47 Å². The van der Waals surface area contributed by atoms with Crippen LogP contribution in [0.5, 0.6) is 0 Å². The van der Waals surface area contributed by atoms with E-state index in [1.807, 2.05) is 13.8 Å². The van der Waals surface area contributed by atoms with Crippen molar-refractivity contribution in [3.63, 3.8) is 0 Å². The number of unbranched alkanes of at least 4 members (excludes halogenated alkanes) is 6. The summed E-state index contributed by atoms with van der Waals surface area (Å²) in [5, 5.41) is 1.20. The fraction of sp³-hybridized carbons (Fsp3) is 0.528. The standard InChI is InChI=1S/C36H54N2O3P/c1-5-9-11-15-27-37(28-16-12-10-6-2)34-24-21-32(22-25-34)20-23-33-26-30-38(36-19-14-13-18-35(33)36)29-17-31-42(39,40-7-3)41-8-4/h13-14,18-26,30H,5-12,15-17,27-29,31H2,1-4H3/q+1. The van der Waals surface area contributed by atoms with E-state index in [4.69, 9.17) is 9.05 Å². The predicted molar refractivity (Wildman–Crippen MR) is 180 cm³/mol. The van der Waals surface area contributed by atoms with Gasteiger partial charge in [0.25, 0.3) is 0 Å². The van der Waals surface area contributed by atoms with Crippen molar-refractivity contribution < 1.29 is 18.2 Å². The van der Waals surface area contributed by atoms with E-state index in [0.717, 1.165) is 26.1 Å². The molecule has 0 aliphatic heterocycles. The molecular formula is C36H54N2O3P+. The number of pyridine rings is 1. The van der Waals surface area contributed by atoms with Gasteiger partial charge in [-0.05, 0) is 56.0 Å². The van der Waals surface area contributed by atoms with Crippen molar-refractivity contribution in [2.24, 2.45) is 0 Å². The lowest BCUT2D eigenvalue weighted by atomic mass is 10.1. The Bertz CT molecular complexity index is 1240. The van der Waals surface area contributed by atoms with Gasteiger partial charge in [-0.2, -0.15) is 4.57 Å². The summed E-state index contributed by atoms with van der Waals surface area (Å²) in [5.41, 5.74) is 4.90. The SMILES string of the molecule is CCCCCCN(CCCCCC)c1ccc(/C=C/c2cc[n+](CCCP(=O)(OCC)OCC)c3ccccc23)cc1. The van der Waals surface area contributed by atoms with Crippen LogP contribution in [0.3, 0.4) is 0 Å². The first-order valence-electron chi connectivity index (χ1n) is 16.4. The van der Waals surface area contributed by atoms with Crippen LogP contribution in [0.1, 0.15) is 96.6 Å². The van der Waals surface area contributed by atoms with E-state index >= 15 is 0 Å². The van der Waals surface area contributed by atoms with Crippen molar-refractivity contribution in [1.82, 2.24) is 0 Å². The Morgan fingerprint density at radius 2 is 1.38 bits per heavy atom. The zero-order valence-electron chi connectivity index (χ0n) is 26.6. The summed E-state index contributed by atoms with van der Waals surface area (Å²) in [7, 11) is -3.03. The van der Waals surface area contributed by atoms with Crippen LogP contribution in [0.4, 0.5) is 5.69 Å². The average Bonchev–Trinajstić information content (AvgIpc) is 3.00. The number of rotatable bonds is 21. The number of para-hydroxylation sites is 1. The zero-order chi connectivity index (χ0) is 30.0. The number of hydrogen-bond donors (Lipinski definition) is 0. The molecule has 0 aliphatic carbocycles. The van der Waals surface area contributed by atoms with Gasteiger partial charge < -0.3 is 13.9 Å². The minimum atomic E-state index is -3.03. The third-order valence-corrected chi connectivity index (χ3v) is 9.88. The molecule has 2 aromatic carbocycles. The first kappa shape index (κ1) is 34.0. The summed E-state index contributed by atoms with van der Waals surface area (Å²) in [6, 6.07) is 19.7. The van der Waals surface area contributed by atoms with Gasteiger partial charge >= 0.3 is 7.60 Å². The van der Waals surface area contributed by atoms with Gasteiger partial charge in [0.05, 0.1) is 24.8 Å². The Kier molecular flexibility index (Phi) is 15.4. The number of anilines is 1. The second-order valence-electron chi connectivity index (χ2n) is 11.0. The van der Waals surface area contributed by atoms with Crippen LogP contribution in [-0.2, 0) is 20.2 Å². The largest absolute Gasteiger partial charge is 0.372 e. The molecule has 0 saturated carbocycles. The van der Waals surface area contributed by atoms with Crippen LogP contribution >= 0.6 is 7.60 Å². The number of fused-ring (bicyclic) bond motifs is 1. The summed E-state index contributed by atoms with van der Waals surface area (Å²) >= 11 is 0. The molecule has 0 aliphatic rings. The van der Waals surface area contributed by atoms with E-state index in [1.54, 1.807) is 0 Å². The quantitative estimate of drug-likeness (QED) is 0.0700. The third-order valence-electron chi connectivity index (χ3n) is 7.72. The molecular weight excluding hydrogens is 539 g/mol. The Balaban J connectivity index is 1.69. The molecule has 1 heterocycles. The number of aryl methyl sites for hydroxylation is 1. The predicted octanol–water partition coefficient (Wildman–Crippen LogP) is 9.92. The van der Waals surface area contributed by atoms with Crippen molar-refractivity contribution in [1.29, 1.82) is 0 Å². The second kappa shape index (κ2) is 18.9. The number of aromatic nitrogens is 1. The van der Waals surface area contributed by atoms with E-state index < -0.39 is 7.60 Å². The van der Waals surface area contributed by atoms with Gasteiger partial charge in [-0.15, -0.1) is 0 Å². The highest BCUT2D eigenvalue weighted by molar-refractivity contribution is 7.53. The molecule has 230 valence electrons. The first-order chi connectivity index (χ1) is 20.5. The van der Waals surface area contributed by atoms with Crippen molar-refractivity contribution in [3.05, 3.63) is 71.9 Å². The van der Waals surface area contributed by atoms with Gasteiger partial charge in [0.2, 0.25) is 5.52 Å². The molecule has 5 nitrogen and oxygen atoms in total. The molecule has 0 fully saturated rings. The average molecular weight is 594 g/mol. The highest BCUT2D eigenvalue weighted by Crippen LogP contribution is 2.48. The zero-order valence-corrected chi connectivity index (χ0v) is 27.5. The van der Waals surface area contributed by atoms with Gasteiger partial charge in [-0.1, -0.05) is 88.8 Å². The molecule has 42 heavy (non-hydrogen) atoms. The maximum absolute atomic E-state index is 12.9. The Hall–Kier alpha value is -2.46. The van der Waals surface area contributed by atoms with Gasteiger partial charge in [0.1, 0.15) is 6.54 Å². The minimum absolute atomic E-state index is 0.396. The fourth-order valence-corrected chi connectivity index (χ4v) is 7.10. The van der Waals surface area contributed by atoms with Crippen molar-refractivity contribution in [3.8, 4) is 0 Å². The monoisotopic (exact) mass is 593 g/mol. The smallest absolute Gasteiger partial charge is 0.330 e. The summed E-state index contributed by atoms with van der Waals surface area (Å²) < 4.78 is 26.1. The van der Waals surface area contributed by atoms with Gasteiger partial charge in [0.15, 0.2) is 6.20 Å². The lowest BCUT2D eigenvalue weighted by Gasteiger charge is -2.25. The van der Waals surface area contributed by atoms with Gasteiger partial charge in [-0.3, -0.25) is 4.57 Å². The van der Waals surface area contributed by atoms with E-state index in [9.17, 15) is 4.57 Å².